The van der Waals surface area contributed by atoms with Crippen molar-refractivity contribution in [2.45, 2.75) is 6.18 Å². The number of hydrogen-bond acceptors (Lipinski definition) is 6. The molecule has 4 aromatic rings. The first kappa shape index (κ1) is 20.8. The van der Waals surface area contributed by atoms with Crippen LogP contribution in [0.4, 0.5) is 23.8 Å². The van der Waals surface area contributed by atoms with Gasteiger partial charge in [-0.1, -0.05) is 0 Å². The second-order valence-electron chi connectivity index (χ2n) is 6.59. The lowest BCUT2D eigenvalue weighted by molar-refractivity contribution is -0.751. The van der Waals surface area contributed by atoms with Crippen molar-refractivity contribution in [1.29, 1.82) is 0 Å². The molecule has 0 aliphatic rings. The lowest BCUT2D eigenvalue weighted by Gasteiger charge is -2.07. The highest BCUT2D eigenvalue weighted by Crippen LogP contribution is 2.29. The van der Waals surface area contributed by atoms with Crippen LogP contribution in [0.1, 0.15) is 11.4 Å². The number of nitrogens with zero attached hydrogens (tertiary/aromatic N) is 5. The Balaban J connectivity index is 1.52. The monoisotopic (exact) mass is 446 g/mol. The Morgan fingerprint density at radius 1 is 1.25 bits per heavy atom. The molecule has 0 radical (unpaired) electrons. The van der Waals surface area contributed by atoms with E-state index in [1.165, 1.54) is 36.4 Å². The smallest absolute Gasteiger partial charge is 0.432 e. The molecular weight excluding hydrogens is 431 g/mol. The van der Waals surface area contributed by atoms with Crippen LogP contribution < -0.4 is 10.1 Å². The normalized spacial score (nSPS) is 12.2. The number of carbonyl (C=O) groups excluding carboxylic acids is 1. The molecule has 0 aliphatic heterocycles. The molecule has 0 saturated carbocycles. The van der Waals surface area contributed by atoms with Gasteiger partial charge in [0.2, 0.25) is 12.1 Å². The SMILES string of the molecule is C/[N+](O)=C/c1cc(Oc2ccc3c(ccn3C(=O)Nc3cc(C(F)(F)F)[nH]n3)c2)ncn1. The summed E-state index contributed by atoms with van der Waals surface area (Å²) in [6, 6.07) is 8.08. The number of fused-ring (bicyclic) bond motifs is 1. The second kappa shape index (κ2) is 8.02. The second-order valence-corrected chi connectivity index (χ2v) is 6.59. The maximum atomic E-state index is 12.7. The summed E-state index contributed by atoms with van der Waals surface area (Å²) in [7, 11) is 1.43. The average molecular weight is 446 g/mol. The predicted molar refractivity (Wildman–Crippen MR) is 105 cm³/mol. The Labute approximate surface area is 177 Å². The summed E-state index contributed by atoms with van der Waals surface area (Å²) in [5.74, 6) is 0.414. The Hall–Kier alpha value is -4.42. The van der Waals surface area contributed by atoms with Crippen LogP contribution in [-0.2, 0) is 6.18 Å². The number of benzene rings is 1. The highest BCUT2D eigenvalue weighted by molar-refractivity contribution is 5.98. The van der Waals surface area contributed by atoms with Gasteiger partial charge < -0.3 is 4.74 Å². The third-order valence-electron chi connectivity index (χ3n) is 4.20. The summed E-state index contributed by atoms with van der Waals surface area (Å²) in [6.07, 6.45) is -0.477. The van der Waals surface area contributed by atoms with Crippen LogP contribution in [0.2, 0.25) is 0 Å². The molecule has 3 aromatic heterocycles. The van der Waals surface area contributed by atoms with Gasteiger partial charge >= 0.3 is 12.2 Å². The van der Waals surface area contributed by atoms with Crippen molar-refractivity contribution in [2.24, 2.45) is 0 Å². The van der Waals surface area contributed by atoms with Gasteiger partial charge in [-0.15, -0.1) is 0 Å². The van der Waals surface area contributed by atoms with Gasteiger partial charge in [0.15, 0.2) is 12.9 Å². The molecule has 1 amide bonds. The van der Waals surface area contributed by atoms with Gasteiger partial charge in [0.05, 0.1) is 5.52 Å². The third kappa shape index (κ3) is 4.50. The van der Waals surface area contributed by atoms with Crippen molar-refractivity contribution in [3.8, 4) is 11.6 Å². The number of amides is 1. The van der Waals surface area contributed by atoms with Crippen molar-refractivity contribution in [3.63, 3.8) is 0 Å². The van der Waals surface area contributed by atoms with Gasteiger partial charge in [0.25, 0.3) is 0 Å². The maximum absolute atomic E-state index is 12.7. The van der Waals surface area contributed by atoms with Crippen LogP contribution in [0.25, 0.3) is 10.9 Å². The number of aromatic nitrogens is 5. The molecule has 13 heteroatoms. The van der Waals surface area contributed by atoms with Crippen LogP contribution >= 0.6 is 0 Å². The van der Waals surface area contributed by atoms with Crippen LogP contribution in [0.3, 0.4) is 0 Å². The van der Waals surface area contributed by atoms with Crippen molar-refractivity contribution in [3.05, 3.63) is 60.3 Å². The fraction of sp³-hybridized carbons (Fsp3) is 0.105. The molecule has 1 aromatic carbocycles. The molecule has 164 valence electrons. The zero-order chi connectivity index (χ0) is 22.9. The number of halogens is 3. The van der Waals surface area contributed by atoms with E-state index in [2.05, 4.69) is 20.4 Å². The van der Waals surface area contributed by atoms with E-state index in [4.69, 9.17) is 4.74 Å². The van der Waals surface area contributed by atoms with Gasteiger partial charge in [0.1, 0.15) is 23.5 Å². The predicted octanol–water partition coefficient (Wildman–Crippen LogP) is 3.50. The fourth-order valence-corrected chi connectivity index (χ4v) is 2.85. The molecule has 0 saturated heterocycles. The molecule has 0 atom stereocenters. The van der Waals surface area contributed by atoms with E-state index in [-0.39, 0.29) is 11.7 Å². The number of hydrogen-bond donors (Lipinski definition) is 3. The molecule has 3 N–H and O–H groups in total. The van der Waals surface area contributed by atoms with E-state index < -0.39 is 17.9 Å². The molecular formula is C19H15F3N7O3+. The Bertz CT molecular complexity index is 1320. The number of ether oxygens (including phenoxy) is 1. The molecule has 32 heavy (non-hydrogen) atoms. The van der Waals surface area contributed by atoms with Gasteiger partial charge in [0, 0.05) is 23.7 Å². The topological polar surface area (TPSA) is 121 Å². The zero-order valence-corrected chi connectivity index (χ0v) is 16.3. The summed E-state index contributed by atoms with van der Waals surface area (Å²) in [6.45, 7) is 0. The Morgan fingerprint density at radius 3 is 2.78 bits per heavy atom. The Morgan fingerprint density at radius 2 is 2.06 bits per heavy atom. The van der Waals surface area contributed by atoms with Crippen molar-refractivity contribution in [1.82, 2.24) is 24.7 Å². The Kier molecular flexibility index (Phi) is 5.22. The highest BCUT2D eigenvalue weighted by Gasteiger charge is 2.33. The third-order valence-corrected chi connectivity index (χ3v) is 4.20. The van der Waals surface area contributed by atoms with E-state index in [9.17, 15) is 23.2 Å². The number of hydroxylamine groups is 1. The minimum Gasteiger partial charge on any atom is -0.439 e. The minimum absolute atomic E-state index is 0.239. The number of anilines is 1. The van der Waals surface area contributed by atoms with Crippen molar-refractivity contribution < 1.29 is 32.6 Å². The molecule has 3 heterocycles. The molecule has 0 aliphatic carbocycles. The molecule has 10 nitrogen and oxygen atoms in total. The largest absolute Gasteiger partial charge is 0.439 e. The standard InChI is InChI=1S/C19H14F3N7O3/c1-28(31)9-12-7-17(24-10-23-12)32-13-2-3-14-11(6-13)4-5-29(14)18(30)25-16-8-15(26-27-16)19(20,21)22/h2-10,31H,1H3,(H,23,24)/p+1. The van der Waals surface area contributed by atoms with Crippen molar-refractivity contribution in [2.75, 3.05) is 12.4 Å². The zero-order valence-electron chi connectivity index (χ0n) is 16.3. The maximum Gasteiger partial charge on any atom is 0.432 e. The number of alkyl halides is 3. The fourth-order valence-electron chi connectivity index (χ4n) is 2.85. The number of nitrogens with one attached hydrogen (secondary N) is 2. The summed E-state index contributed by atoms with van der Waals surface area (Å²) >= 11 is 0. The molecule has 0 spiro atoms. The number of rotatable bonds is 4. The van der Waals surface area contributed by atoms with Crippen LogP contribution in [0, 0.1) is 0 Å². The van der Waals surface area contributed by atoms with Gasteiger partial charge in [-0.3, -0.25) is 20.2 Å². The summed E-state index contributed by atoms with van der Waals surface area (Å²) < 4.78 is 45.8. The lowest BCUT2D eigenvalue weighted by Crippen LogP contribution is -2.18. The van der Waals surface area contributed by atoms with E-state index in [0.29, 0.717) is 28.4 Å². The highest BCUT2D eigenvalue weighted by atomic mass is 19.4. The summed E-state index contributed by atoms with van der Waals surface area (Å²) in [5.41, 5.74) is -0.140. The minimum atomic E-state index is -4.59. The van der Waals surface area contributed by atoms with Crippen molar-refractivity contribution >= 4 is 29.0 Å². The van der Waals surface area contributed by atoms with E-state index in [1.54, 1.807) is 24.3 Å². The van der Waals surface area contributed by atoms with Gasteiger partial charge in [-0.25, -0.2) is 14.8 Å². The summed E-state index contributed by atoms with van der Waals surface area (Å²) in [4.78, 5) is 20.5. The lowest BCUT2D eigenvalue weighted by atomic mass is 10.2. The van der Waals surface area contributed by atoms with Gasteiger partial charge in [-0.2, -0.15) is 18.3 Å². The van der Waals surface area contributed by atoms with E-state index in [0.717, 1.165) is 4.74 Å². The molecule has 0 unspecified atom stereocenters. The number of H-pyrrole nitrogens is 1. The first-order chi connectivity index (χ1) is 15.2. The summed E-state index contributed by atoms with van der Waals surface area (Å²) in [5, 5.41) is 17.5. The molecule has 0 fully saturated rings. The van der Waals surface area contributed by atoms with Crippen LogP contribution in [0.15, 0.2) is 48.9 Å². The van der Waals surface area contributed by atoms with E-state index >= 15 is 0 Å². The average Bonchev–Trinajstić information content (AvgIpc) is 3.34. The quantitative estimate of drug-likeness (QED) is 0.191. The van der Waals surface area contributed by atoms with Gasteiger partial charge in [-0.05, 0) is 29.0 Å². The molecule has 4 rings (SSSR count). The molecule has 0 bridgehead atoms. The first-order valence-corrected chi connectivity index (χ1v) is 9.00. The number of carbonyl (C=O) groups is 1. The first-order valence-electron chi connectivity index (χ1n) is 9.00. The van der Waals surface area contributed by atoms with Crippen LogP contribution in [0.5, 0.6) is 11.6 Å². The number of aromatic amines is 1. The van der Waals surface area contributed by atoms with Crippen LogP contribution in [-0.4, -0.2) is 54.0 Å². The van der Waals surface area contributed by atoms with E-state index in [1.807, 2.05) is 5.10 Å².